The van der Waals surface area contributed by atoms with Gasteiger partial charge in [0.25, 0.3) is 16.8 Å². The standard InChI is InChI=1S/C24H15F6N3O4/c25-23(26,27)22(35,24(28,29)30)15-6-8-16(9-7-15)32-20(12-14-4-2-1-3-5-14)31-19-13-17(33(36)37)10-11-18(19)21(32)34/h1-11,13,35H,12H2. The molecule has 4 aromatic rings. The van der Waals surface area contributed by atoms with Gasteiger partial charge in [-0.1, -0.05) is 42.5 Å². The van der Waals surface area contributed by atoms with Crippen LogP contribution in [0.25, 0.3) is 16.6 Å². The molecule has 0 aliphatic carbocycles. The predicted molar refractivity (Wildman–Crippen MR) is 119 cm³/mol. The Bertz CT molecular complexity index is 1520. The minimum atomic E-state index is -6.07. The zero-order valence-corrected chi connectivity index (χ0v) is 18.4. The lowest BCUT2D eigenvalue weighted by atomic mass is 9.92. The molecule has 3 aromatic carbocycles. The molecule has 0 bridgehead atoms. The van der Waals surface area contributed by atoms with Crippen LogP contribution in [0.1, 0.15) is 17.0 Å². The summed E-state index contributed by atoms with van der Waals surface area (Å²) < 4.78 is 80.6. The van der Waals surface area contributed by atoms with Crippen LogP contribution in [0.5, 0.6) is 0 Å². The first-order valence-electron chi connectivity index (χ1n) is 10.4. The van der Waals surface area contributed by atoms with Crippen molar-refractivity contribution in [3.63, 3.8) is 0 Å². The third kappa shape index (κ3) is 4.53. The number of aromatic nitrogens is 2. The summed E-state index contributed by atoms with van der Waals surface area (Å²) in [5.41, 5.74) is -7.17. The number of aliphatic hydroxyl groups is 1. The highest BCUT2D eigenvalue weighted by Crippen LogP contribution is 2.50. The van der Waals surface area contributed by atoms with Crippen LogP contribution in [0.4, 0.5) is 32.0 Å². The Morgan fingerprint density at radius 3 is 2.03 bits per heavy atom. The van der Waals surface area contributed by atoms with Crippen molar-refractivity contribution in [1.82, 2.24) is 9.55 Å². The molecular weight excluding hydrogens is 508 g/mol. The highest BCUT2D eigenvalue weighted by atomic mass is 19.4. The smallest absolute Gasteiger partial charge is 0.369 e. The lowest BCUT2D eigenvalue weighted by Crippen LogP contribution is -2.53. The number of hydrogen-bond donors (Lipinski definition) is 1. The summed E-state index contributed by atoms with van der Waals surface area (Å²) in [5.74, 6) is 0.0267. The molecular formula is C24H15F6N3O4. The maximum absolute atomic E-state index is 13.4. The van der Waals surface area contributed by atoms with Gasteiger partial charge in [-0.25, -0.2) is 4.98 Å². The van der Waals surface area contributed by atoms with Crippen LogP contribution >= 0.6 is 0 Å². The monoisotopic (exact) mass is 523 g/mol. The summed E-state index contributed by atoms with van der Waals surface area (Å²) in [5, 5.41) is 20.7. The van der Waals surface area contributed by atoms with E-state index in [0.717, 1.165) is 34.9 Å². The summed E-state index contributed by atoms with van der Waals surface area (Å²) in [6, 6.07) is 14.4. The largest absolute Gasteiger partial charge is 0.430 e. The van der Waals surface area contributed by atoms with E-state index in [1.807, 2.05) is 0 Å². The molecule has 7 nitrogen and oxygen atoms in total. The molecule has 0 radical (unpaired) electrons. The van der Waals surface area contributed by atoms with Gasteiger partial charge in [-0.15, -0.1) is 0 Å². The quantitative estimate of drug-likeness (QED) is 0.220. The summed E-state index contributed by atoms with van der Waals surface area (Å²) in [6.07, 6.45) is -12.1. The van der Waals surface area contributed by atoms with Gasteiger partial charge >= 0.3 is 12.4 Å². The number of nitro benzene ring substituents is 1. The normalized spacial score (nSPS) is 12.6. The number of alkyl halides is 6. The van der Waals surface area contributed by atoms with Crippen LogP contribution in [0.3, 0.4) is 0 Å². The average molecular weight is 523 g/mol. The van der Waals surface area contributed by atoms with E-state index in [0.29, 0.717) is 17.7 Å². The van der Waals surface area contributed by atoms with E-state index in [2.05, 4.69) is 4.98 Å². The predicted octanol–water partition coefficient (Wildman–Crippen LogP) is 5.20. The average Bonchev–Trinajstić information content (AvgIpc) is 2.83. The van der Waals surface area contributed by atoms with E-state index >= 15 is 0 Å². The van der Waals surface area contributed by atoms with Gasteiger partial charge in [0.2, 0.25) is 0 Å². The highest BCUT2D eigenvalue weighted by molar-refractivity contribution is 5.80. The fourth-order valence-electron chi connectivity index (χ4n) is 3.84. The van der Waals surface area contributed by atoms with Crippen LogP contribution in [-0.4, -0.2) is 31.9 Å². The number of benzene rings is 3. The molecule has 0 saturated carbocycles. The number of hydrogen-bond acceptors (Lipinski definition) is 5. The van der Waals surface area contributed by atoms with E-state index in [9.17, 15) is 46.4 Å². The van der Waals surface area contributed by atoms with Gasteiger partial charge in [0.15, 0.2) is 0 Å². The molecule has 192 valence electrons. The molecule has 1 N–H and O–H groups in total. The molecule has 1 aromatic heterocycles. The van der Waals surface area contributed by atoms with Gasteiger partial charge in [-0.3, -0.25) is 19.5 Å². The third-order valence-corrected chi connectivity index (χ3v) is 5.70. The second-order valence-electron chi connectivity index (χ2n) is 8.04. The van der Waals surface area contributed by atoms with E-state index in [-0.39, 0.29) is 34.5 Å². The number of non-ortho nitro benzene ring substituents is 1. The topological polar surface area (TPSA) is 98.3 Å². The molecule has 0 spiro atoms. The Balaban J connectivity index is 1.92. The minimum absolute atomic E-state index is 0.00546. The van der Waals surface area contributed by atoms with Gasteiger partial charge in [-0.05, 0) is 23.8 Å². The van der Waals surface area contributed by atoms with Gasteiger partial charge < -0.3 is 5.11 Å². The first-order chi connectivity index (χ1) is 17.2. The molecule has 37 heavy (non-hydrogen) atoms. The van der Waals surface area contributed by atoms with Crippen LogP contribution in [0, 0.1) is 10.1 Å². The Kier molecular flexibility index (Phi) is 6.28. The van der Waals surface area contributed by atoms with E-state index < -0.39 is 34.0 Å². The molecule has 0 aliphatic heterocycles. The summed E-state index contributed by atoms with van der Waals surface area (Å²) in [6.45, 7) is 0. The fraction of sp³-hybridized carbons (Fsp3) is 0.167. The number of nitrogens with zero attached hydrogens (tertiary/aromatic N) is 3. The van der Waals surface area contributed by atoms with Crippen molar-refractivity contribution in [2.45, 2.75) is 24.4 Å². The molecule has 0 fully saturated rings. The molecule has 4 rings (SSSR count). The molecule has 0 atom stereocenters. The summed E-state index contributed by atoms with van der Waals surface area (Å²) >= 11 is 0. The SMILES string of the molecule is O=c1c2ccc([N+](=O)[O-])cc2nc(Cc2ccccc2)n1-c1ccc(C(O)(C(F)(F)F)C(F)(F)F)cc1. The van der Waals surface area contributed by atoms with Crippen molar-refractivity contribution in [3.8, 4) is 5.69 Å². The first-order valence-corrected chi connectivity index (χ1v) is 10.4. The van der Waals surface area contributed by atoms with Crippen LogP contribution < -0.4 is 5.56 Å². The Morgan fingerprint density at radius 2 is 1.49 bits per heavy atom. The number of halogens is 6. The van der Waals surface area contributed by atoms with Gasteiger partial charge in [-0.2, -0.15) is 26.3 Å². The van der Waals surface area contributed by atoms with Gasteiger partial charge in [0.05, 0.1) is 21.5 Å². The van der Waals surface area contributed by atoms with Crippen molar-refractivity contribution in [3.05, 3.63) is 110 Å². The zero-order chi connectivity index (χ0) is 27.2. The number of fused-ring (bicyclic) bond motifs is 1. The van der Waals surface area contributed by atoms with Crippen molar-refractivity contribution in [2.75, 3.05) is 0 Å². The minimum Gasteiger partial charge on any atom is -0.369 e. The molecule has 13 heteroatoms. The highest BCUT2D eigenvalue weighted by Gasteiger charge is 2.71. The molecule has 0 amide bonds. The Labute approximate surface area is 203 Å². The van der Waals surface area contributed by atoms with Crippen LogP contribution in [0.15, 0.2) is 77.6 Å². The first kappa shape index (κ1) is 25.8. The van der Waals surface area contributed by atoms with Crippen molar-refractivity contribution in [2.24, 2.45) is 0 Å². The molecule has 1 heterocycles. The van der Waals surface area contributed by atoms with E-state index in [1.54, 1.807) is 30.3 Å². The van der Waals surface area contributed by atoms with E-state index in [4.69, 9.17) is 0 Å². The lowest BCUT2D eigenvalue weighted by Gasteiger charge is -2.32. The Hall–Kier alpha value is -4.26. The summed E-state index contributed by atoms with van der Waals surface area (Å²) in [4.78, 5) is 28.2. The number of nitro groups is 1. The summed E-state index contributed by atoms with van der Waals surface area (Å²) in [7, 11) is 0. The van der Waals surface area contributed by atoms with E-state index in [1.165, 1.54) is 0 Å². The Morgan fingerprint density at radius 1 is 0.892 bits per heavy atom. The van der Waals surface area contributed by atoms with Gasteiger partial charge in [0.1, 0.15) is 5.82 Å². The maximum atomic E-state index is 13.4. The second-order valence-corrected chi connectivity index (χ2v) is 8.04. The third-order valence-electron chi connectivity index (χ3n) is 5.70. The molecule has 0 aliphatic rings. The number of rotatable bonds is 5. The molecule has 0 unspecified atom stereocenters. The van der Waals surface area contributed by atoms with Crippen molar-refractivity contribution in [1.29, 1.82) is 0 Å². The zero-order valence-electron chi connectivity index (χ0n) is 18.4. The second kappa shape index (κ2) is 9.00. The van der Waals surface area contributed by atoms with Crippen molar-refractivity contribution < 1.29 is 36.4 Å². The van der Waals surface area contributed by atoms with Crippen molar-refractivity contribution >= 4 is 16.6 Å². The molecule has 0 saturated heterocycles. The fourth-order valence-corrected chi connectivity index (χ4v) is 3.84. The van der Waals surface area contributed by atoms with Gasteiger partial charge in [0, 0.05) is 24.1 Å². The maximum Gasteiger partial charge on any atom is 0.430 e. The van der Waals surface area contributed by atoms with Crippen LogP contribution in [-0.2, 0) is 12.0 Å². The van der Waals surface area contributed by atoms with Crippen LogP contribution in [0.2, 0.25) is 0 Å². The lowest BCUT2D eigenvalue weighted by molar-refractivity contribution is -0.384.